The second-order valence-electron chi connectivity index (χ2n) is 4.69. The Labute approximate surface area is 120 Å². The van der Waals surface area contributed by atoms with Crippen molar-refractivity contribution in [2.24, 2.45) is 0 Å². The zero-order chi connectivity index (χ0) is 13.7. The molecule has 0 saturated heterocycles. The van der Waals surface area contributed by atoms with Crippen molar-refractivity contribution >= 4 is 17.4 Å². The largest absolute Gasteiger partial charge is 0.379 e. The molecule has 1 nitrogen and oxygen atoms in total. The standard InChI is InChI=1S/C17H21NS/c1-4-14-5-9-16(10-6-14)18-13(2)15-7-11-17(19-3)12-8-15/h5-13,18H,4H2,1-3H3. The molecule has 0 spiro atoms. The van der Waals surface area contributed by atoms with E-state index < -0.39 is 0 Å². The molecular weight excluding hydrogens is 250 g/mol. The highest BCUT2D eigenvalue weighted by Gasteiger charge is 2.05. The van der Waals surface area contributed by atoms with E-state index in [0.29, 0.717) is 6.04 Å². The Hall–Kier alpha value is -1.41. The maximum Gasteiger partial charge on any atom is 0.0485 e. The van der Waals surface area contributed by atoms with Gasteiger partial charge in [-0.1, -0.05) is 31.2 Å². The minimum absolute atomic E-state index is 0.323. The van der Waals surface area contributed by atoms with Crippen molar-refractivity contribution < 1.29 is 0 Å². The van der Waals surface area contributed by atoms with Gasteiger partial charge in [-0.25, -0.2) is 0 Å². The number of hydrogen-bond donors (Lipinski definition) is 1. The van der Waals surface area contributed by atoms with E-state index in [-0.39, 0.29) is 0 Å². The van der Waals surface area contributed by atoms with Gasteiger partial charge >= 0.3 is 0 Å². The Morgan fingerprint density at radius 1 is 1.00 bits per heavy atom. The summed E-state index contributed by atoms with van der Waals surface area (Å²) in [7, 11) is 0. The van der Waals surface area contributed by atoms with Crippen molar-refractivity contribution in [3.63, 3.8) is 0 Å². The molecule has 2 aromatic rings. The summed E-state index contributed by atoms with van der Waals surface area (Å²) in [4.78, 5) is 1.31. The molecule has 0 amide bonds. The zero-order valence-corrected chi connectivity index (χ0v) is 12.6. The molecule has 0 heterocycles. The van der Waals surface area contributed by atoms with Crippen LogP contribution in [-0.2, 0) is 6.42 Å². The molecule has 0 fully saturated rings. The highest BCUT2D eigenvalue weighted by molar-refractivity contribution is 7.98. The van der Waals surface area contributed by atoms with E-state index in [9.17, 15) is 0 Å². The van der Waals surface area contributed by atoms with Gasteiger partial charge < -0.3 is 5.32 Å². The first-order chi connectivity index (χ1) is 9.22. The summed E-state index contributed by atoms with van der Waals surface area (Å²) in [5.74, 6) is 0. The van der Waals surface area contributed by atoms with E-state index in [1.165, 1.54) is 21.7 Å². The molecule has 0 bridgehead atoms. The summed E-state index contributed by atoms with van der Waals surface area (Å²) in [5.41, 5.74) is 3.87. The van der Waals surface area contributed by atoms with Crippen LogP contribution in [-0.4, -0.2) is 6.26 Å². The Bertz CT molecular complexity index is 502. The molecule has 1 N–H and O–H groups in total. The first-order valence-corrected chi connectivity index (χ1v) is 7.95. The van der Waals surface area contributed by atoms with Gasteiger partial charge in [-0.15, -0.1) is 11.8 Å². The first kappa shape index (κ1) is 14.0. The molecule has 1 atom stereocenters. The molecule has 0 aliphatic heterocycles. The van der Waals surface area contributed by atoms with Crippen LogP contribution in [0.15, 0.2) is 53.4 Å². The summed E-state index contributed by atoms with van der Waals surface area (Å²) in [6.45, 7) is 4.38. The average Bonchev–Trinajstić information content (AvgIpc) is 2.48. The summed E-state index contributed by atoms with van der Waals surface area (Å²) < 4.78 is 0. The molecule has 0 aliphatic carbocycles. The molecule has 0 radical (unpaired) electrons. The summed E-state index contributed by atoms with van der Waals surface area (Å²) >= 11 is 1.78. The number of nitrogens with one attached hydrogen (secondary N) is 1. The normalized spacial score (nSPS) is 12.2. The highest BCUT2D eigenvalue weighted by Crippen LogP contribution is 2.22. The fourth-order valence-electron chi connectivity index (χ4n) is 2.06. The van der Waals surface area contributed by atoms with Gasteiger partial charge in [0.25, 0.3) is 0 Å². The van der Waals surface area contributed by atoms with Crippen LogP contribution in [0.25, 0.3) is 0 Å². The number of thioether (sulfide) groups is 1. The lowest BCUT2D eigenvalue weighted by atomic mass is 10.1. The number of rotatable bonds is 5. The number of benzene rings is 2. The fourth-order valence-corrected chi connectivity index (χ4v) is 2.47. The van der Waals surface area contributed by atoms with Crippen molar-refractivity contribution in [2.45, 2.75) is 31.2 Å². The molecule has 2 rings (SSSR count). The van der Waals surface area contributed by atoms with E-state index in [2.05, 4.69) is 74.0 Å². The van der Waals surface area contributed by atoms with Crippen molar-refractivity contribution in [1.29, 1.82) is 0 Å². The molecule has 100 valence electrons. The van der Waals surface area contributed by atoms with Crippen LogP contribution < -0.4 is 5.32 Å². The molecule has 0 aliphatic rings. The molecule has 19 heavy (non-hydrogen) atoms. The molecule has 2 aromatic carbocycles. The quantitative estimate of drug-likeness (QED) is 0.755. The van der Waals surface area contributed by atoms with Gasteiger partial charge in [-0.3, -0.25) is 0 Å². The highest BCUT2D eigenvalue weighted by atomic mass is 32.2. The monoisotopic (exact) mass is 271 g/mol. The maximum atomic E-state index is 3.54. The van der Waals surface area contributed by atoms with Gasteiger partial charge in [0.1, 0.15) is 0 Å². The van der Waals surface area contributed by atoms with Crippen LogP contribution >= 0.6 is 11.8 Å². The summed E-state index contributed by atoms with van der Waals surface area (Å²) in [6, 6.07) is 17.8. The number of hydrogen-bond acceptors (Lipinski definition) is 2. The maximum absolute atomic E-state index is 3.54. The number of aryl methyl sites for hydroxylation is 1. The van der Waals surface area contributed by atoms with Crippen LogP contribution in [0.4, 0.5) is 5.69 Å². The van der Waals surface area contributed by atoms with Gasteiger partial charge in [-0.2, -0.15) is 0 Å². The lowest BCUT2D eigenvalue weighted by molar-refractivity contribution is 0.882. The Balaban J connectivity index is 2.04. The minimum atomic E-state index is 0.323. The average molecular weight is 271 g/mol. The molecule has 0 aromatic heterocycles. The molecule has 1 unspecified atom stereocenters. The van der Waals surface area contributed by atoms with Gasteiger partial charge in [0, 0.05) is 16.6 Å². The van der Waals surface area contributed by atoms with Crippen LogP contribution in [0.3, 0.4) is 0 Å². The lowest BCUT2D eigenvalue weighted by Gasteiger charge is -2.16. The Kier molecular flexibility index (Phi) is 4.92. The summed E-state index contributed by atoms with van der Waals surface area (Å²) in [5, 5.41) is 3.54. The van der Waals surface area contributed by atoms with Crippen LogP contribution in [0.5, 0.6) is 0 Å². The third kappa shape index (κ3) is 3.77. The van der Waals surface area contributed by atoms with Crippen molar-refractivity contribution in [3.8, 4) is 0 Å². The predicted octanol–water partition coefficient (Wildman–Crippen LogP) is 5.14. The second kappa shape index (κ2) is 6.67. The van der Waals surface area contributed by atoms with E-state index in [1.807, 2.05) is 0 Å². The number of anilines is 1. The first-order valence-electron chi connectivity index (χ1n) is 6.72. The lowest BCUT2D eigenvalue weighted by Crippen LogP contribution is -2.06. The van der Waals surface area contributed by atoms with E-state index in [0.717, 1.165) is 6.42 Å². The van der Waals surface area contributed by atoms with Gasteiger partial charge in [-0.05, 0) is 55.0 Å². The van der Waals surface area contributed by atoms with Gasteiger partial charge in [0.2, 0.25) is 0 Å². The van der Waals surface area contributed by atoms with Crippen LogP contribution in [0, 0.1) is 0 Å². The summed E-state index contributed by atoms with van der Waals surface area (Å²) in [6.07, 6.45) is 3.19. The fraction of sp³-hybridized carbons (Fsp3) is 0.294. The second-order valence-corrected chi connectivity index (χ2v) is 5.57. The molecule has 2 heteroatoms. The molecule has 0 saturated carbocycles. The van der Waals surface area contributed by atoms with Crippen LogP contribution in [0.2, 0.25) is 0 Å². The van der Waals surface area contributed by atoms with Gasteiger partial charge in [0.15, 0.2) is 0 Å². The Morgan fingerprint density at radius 3 is 2.16 bits per heavy atom. The topological polar surface area (TPSA) is 12.0 Å². The minimum Gasteiger partial charge on any atom is -0.379 e. The van der Waals surface area contributed by atoms with Crippen molar-refractivity contribution in [2.75, 3.05) is 11.6 Å². The zero-order valence-electron chi connectivity index (χ0n) is 11.8. The van der Waals surface area contributed by atoms with Crippen molar-refractivity contribution in [3.05, 3.63) is 59.7 Å². The van der Waals surface area contributed by atoms with Crippen LogP contribution in [0.1, 0.15) is 31.0 Å². The van der Waals surface area contributed by atoms with E-state index in [4.69, 9.17) is 0 Å². The third-order valence-corrected chi connectivity index (χ3v) is 4.10. The smallest absolute Gasteiger partial charge is 0.0485 e. The van der Waals surface area contributed by atoms with E-state index in [1.54, 1.807) is 11.8 Å². The van der Waals surface area contributed by atoms with Crippen molar-refractivity contribution in [1.82, 2.24) is 0 Å². The predicted molar refractivity (Wildman–Crippen MR) is 86.1 cm³/mol. The molecular formula is C17H21NS. The van der Waals surface area contributed by atoms with E-state index >= 15 is 0 Å². The Morgan fingerprint density at radius 2 is 1.63 bits per heavy atom. The third-order valence-electron chi connectivity index (χ3n) is 3.36. The van der Waals surface area contributed by atoms with Gasteiger partial charge in [0.05, 0.1) is 0 Å². The SMILES string of the molecule is CCc1ccc(NC(C)c2ccc(SC)cc2)cc1.